The van der Waals surface area contributed by atoms with Gasteiger partial charge in [-0.15, -0.1) is 0 Å². The third-order valence-corrected chi connectivity index (χ3v) is 6.26. The predicted molar refractivity (Wildman–Crippen MR) is 118 cm³/mol. The highest BCUT2D eigenvalue weighted by atomic mass is 16.6. The molecule has 2 amide bonds. The van der Waals surface area contributed by atoms with Gasteiger partial charge in [0.05, 0.1) is 16.7 Å². The normalized spacial score (nSPS) is 20.0. The van der Waals surface area contributed by atoms with E-state index in [9.17, 15) is 19.7 Å². The average molecular weight is 431 g/mol. The molecule has 1 saturated heterocycles. The first kappa shape index (κ1) is 19.9. The first-order valence-electron chi connectivity index (χ1n) is 10.3. The summed E-state index contributed by atoms with van der Waals surface area (Å²) in [4.78, 5) is 42.1. The number of amides is 2. The van der Waals surface area contributed by atoms with E-state index in [4.69, 9.17) is 0 Å². The summed E-state index contributed by atoms with van der Waals surface area (Å²) in [6, 6.07) is 13.2. The van der Waals surface area contributed by atoms with Crippen LogP contribution in [-0.2, 0) is 21.5 Å². The molecule has 1 unspecified atom stereocenters. The first-order valence-corrected chi connectivity index (χ1v) is 10.3. The van der Waals surface area contributed by atoms with Crippen molar-refractivity contribution in [2.45, 2.75) is 31.8 Å². The first-order chi connectivity index (χ1) is 15.3. The van der Waals surface area contributed by atoms with Crippen LogP contribution in [0.25, 0.3) is 10.9 Å². The Kier molecular flexibility index (Phi) is 4.37. The number of fused-ring (bicyclic) bond motifs is 4. The molecule has 9 nitrogen and oxygen atoms in total. The lowest BCUT2D eigenvalue weighted by Crippen LogP contribution is -2.66. The molecule has 1 aromatic heterocycles. The highest BCUT2D eigenvalue weighted by molar-refractivity contribution is 5.98. The zero-order valence-electron chi connectivity index (χ0n) is 17.6. The molecule has 162 valence electrons. The molecular weight excluding hydrogens is 410 g/mol. The number of rotatable bonds is 3. The average Bonchev–Trinajstić information content (AvgIpc) is 3.15. The number of carbonyl (C=O) groups excluding carboxylic acids is 2. The summed E-state index contributed by atoms with van der Waals surface area (Å²) in [5, 5.41) is 17.4. The van der Waals surface area contributed by atoms with Crippen molar-refractivity contribution in [2.24, 2.45) is 5.10 Å². The number of hydrazone groups is 1. The highest BCUT2D eigenvalue weighted by Gasteiger charge is 2.51. The van der Waals surface area contributed by atoms with Crippen molar-refractivity contribution in [1.82, 2.24) is 14.9 Å². The summed E-state index contributed by atoms with van der Waals surface area (Å²) < 4.78 is 0. The molecule has 0 aliphatic carbocycles. The molecule has 5 rings (SSSR count). The van der Waals surface area contributed by atoms with Crippen LogP contribution in [0, 0.1) is 10.1 Å². The maximum absolute atomic E-state index is 13.4. The number of nitro groups is 1. The number of hydrogen-bond acceptors (Lipinski definition) is 5. The van der Waals surface area contributed by atoms with E-state index in [-0.39, 0.29) is 24.0 Å². The summed E-state index contributed by atoms with van der Waals surface area (Å²) in [5.41, 5.74) is 2.69. The summed E-state index contributed by atoms with van der Waals surface area (Å²) in [5.74, 6) is -0.463. The molecule has 0 spiro atoms. The van der Waals surface area contributed by atoms with Crippen molar-refractivity contribution in [3.63, 3.8) is 0 Å². The number of nitrogens with zero attached hydrogens (tertiary/aromatic N) is 4. The van der Waals surface area contributed by atoms with Crippen molar-refractivity contribution >= 4 is 34.6 Å². The number of carbonyl (C=O) groups is 2. The third-order valence-electron chi connectivity index (χ3n) is 6.26. The zero-order valence-corrected chi connectivity index (χ0v) is 17.6. The van der Waals surface area contributed by atoms with E-state index in [0.29, 0.717) is 12.0 Å². The molecular formula is C23H21N5O4. The highest BCUT2D eigenvalue weighted by Crippen LogP contribution is 2.42. The van der Waals surface area contributed by atoms with Crippen LogP contribution in [0.4, 0.5) is 5.69 Å². The van der Waals surface area contributed by atoms with Crippen molar-refractivity contribution in [3.05, 3.63) is 75.5 Å². The number of non-ortho nitro benzene ring substituents is 1. The lowest BCUT2D eigenvalue weighted by Gasteiger charge is -2.50. The van der Waals surface area contributed by atoms with Crippen LogP contribution in [0.1, 0.15) is 30.7 Å². The number of H-pyrrole nitrogens is 1. The van der Waals surface area contributed by atoms with E-state index >= 15 is 0 Å². The zero-order chi connectivity index (χ0) is 22.6. The van der Waals surface area contributed by atoms with Gasteiger partial charge in [0.2, 0.25) is 5.91 Å². The second-order valence-electron chi connectivity index (χ2n) is 8.56. The van der Waals surface area contributed by atoms with Gasteiger partial charge in [0.15, 0.2) is 0 Å². The van der Waals surface area contributed by atoms with E-state index in [2.05, 4.69) is 10.1 Å². The minimum Gasteiger partial charge on any atom is -0.356 e. The minimum absolute atomic E-state index is 0.0675. The Balaban J connectivity index is 1.49. The number of nitro benzene ring substituents is 1. The maximum atomic E-state index is 13.4. The van der Waals surface area contributed by atoms with Crippen LogP contribution < -0.4 is 0 Å². The Bertz CT molecular complexity index is 1310. The molecule has 3 aromatic rings. The van der Waals surface area contributed by atoms with Crippen LogP contribution in [0.3, 0.4) is 0 Å². The molecule has 1 N–H and O–H groups in total. The van der Waals surface area contributed by atoms with Gasteiger partial charge >= 0.3 is 0 Å². The number of para-hydroxylation sites is 1. The third kappa shape index (κ3) is 2.96. The Labute approximate surface area is 183 Å². The number of benzene rings is 2. The van der Waals surface area contributed by atoms with Gasteiger partial charge in [0.1, 0.15) is 12.6 Å². The van der Waals surface area contributed by atoms with Crippen LogP contribution in [0.5, 0.6) is 0 Å². The largest absolute Gasteiger partial charge is 0.356 e. The van der Waals surface area contributed by atoms with Crippen molar-refractivity contribution in [1.29, 1.82) is 0 Å². The van der Waals surface area contributed by atoms with E-state index in [1.807, 2.05) is 38.1 Å². The van der Waals surface area contributed by atoms with E-state index in [1.165, 1.54) is 18.3 Å². The molecule has 2 aromatic carbocycles. The standard InChI is InChI=1S/C23H21N5O4/c1-23(2)21-17(16-8-3-4-9-18(16)25-21)11-19-22(30)26(13-20(29)27(19)23)24-12-14-6-5-7-15(10-14)28(31)32/h3-10,12,19,25H,11,13H2,1-2H3. The number of aromatic amines is 1. The fourth-order valence-electron chi connectivity index (χ4n) is 4.82. The Morgan fingerprint density at radius 1 is 1.19 bits per heavy atom. The van der Waals surface area contributed by atoms with Gasteiger partial charge in [0, 0.05) is 40.7 Å². The minimum atomic E-state index is -0.681. The van der Waals surface area contributed by atoms with Gasteiger partial charge < -0.3 is 9.88 Å². The lowest BCUT2D eigenvalue weighted by atomic mass is 9.82. The van der Waals surface area contributed by atoms with Gasteiger partial charge in [0.25, 0.3) is 11.6 Å². The van der Waals surface area contributed by atoms with Gasteiger partial charge in [-0.25, -0.2) is 5.01 Å². The topological polar surface area (TPSA) is 112 Å². The smallest absolute Gasteiger partial charge is 0.270 e. The Morgan fingerprint density at radius 3 is 2.75 bits per heavy atom. The second kappa shape index (κ2) is 7.01. The van der Waals surface area contributed by atoms with Crippen LogP contribution in [-0.4, -0.2) is 50.4 Å². The van der Waals surface area contributed by atoms with E-state index < -0.39 is 16.5 Å². The number of piperazine rings is 1. The molecule has 0 saturated carbocycles. The molecule has 1 atom stereocenters. The van der Waals surface area contributed by atoms with E-state index in [0.717, 1.165) is 27.2 Å². The summed E-state index contributed by atoms with van der Waals surface area (Å²) in [6.07, 6.45) is 1.77. The number of aromatic nitrogens is 1. The van der Waals surface area contributed by atoms with Crippen LogP contribution >= 0.6 is 0 Å². The molecule has 32 heavy (non-hydrogen) atoms. The molecule has 0 radical (unpaired) electrons. The van der Waals surface area contributed by atoms with Crippen molar-refractivity contribution in [3.8, 4) is 0 Å². The quantitative estimate of drug-likeness (QED) is 0.390. The van der Waals surface area contributed by atoms with Gasteiger partial charge in [-0.05, 0) is 25.5 Å². The molecule has 1 fully saturated rings. The molecule has 2 aliphatic rings. The van der Waals surface area contributed by atoms with Gasteiger partial charge in [-0.1, -0.05) is 30.3 Å². The summed E-state index contributed by atoms with van der Waals surface area (Å²) in [6.45, 7) is 3.71. The Hall–Kier alpha value is -4.01. The van der Waals surface area contributed by atoms with Crippen LogP contribution in [0.2, 0.25) is 0 Å². The fourth-order valence-corrected chi connectivity index (χ4v) is 4.82. The fraction of sp³-hybridized carbons (Fsp3) is 0.261. The molecule has 9 heteroatoms. The van der Waals surface area contributed by atoms with E-state index in [1.54, 1.807) is 17.0 Å². The van der Waals surface area contributed by atoms with Crippen molar-refractivity contribution in [2.75, 3.05) is 6.54 Å². The van der Waals surface area contributed by atoms with Gasteiger partial charge in [-0.3, -0.25) is 19.7 Å². The molecule has 0 bridgehead atoms. The van der Waals surface area contributed by atoms with Gasteiger partial charge in [-0.2, -0.15) is 5.10 Å². The second-order valence-corrected chi connectivity index (χ2v) is 8.56. The number of hydrogen-bond donors (Lipinski definition) is 1. The van der Waals surface area contributed by atoms with Crippen molar-refractivity contribution < 1.29 is 14.5 Å². The van der Waals surface area contributed by atoms with Crippen LogP contribution in [0.15, 0.2) is 53.6 Å². The molecule has 2 aliphatic heterocycles. The number of nitrogens with one attached hydrogen (secondary N) is 1. The molecule has 3 heterocycles. The predicted octanol–water partition coefficient (Wildman–Crippen LogP) is 2.94. The monoisotopic (exact) mass is 431 g/mol. The SMILES string of the molecule is CC1(C)c2[nH]c3ccccc3c2CC2C(=O)N(N=Cc3cccc([N+](=O)[O-])c3)CC(=O)N21. The summed E-state index contributed by atoms with van der Waals surface area (Å²) >= 11 is 0. The summed E-state index contributed by atoms with van der Waals surface area (Å²) in [7, 11) is 0. The Morgan fingerprint density at radius 2 is 1.97 bits per heavy atom. The maximum Gasteiger partial charge on any atom is 0.270 e. The lowest BCUT2D eigenvalue weighted by molar-refractivity contribution is -0.384.